The van der Waals surface area contributed by atoms with Crippen LogP contribution in [0.15, 0.2) is 42.7 Å². The highest BCUT2D eigenvalue weighted by molar-refractivity contribution is 7.86. The predicted octanol–water partition coefficient (Wildman–Crippen LogP) is 1.21. The maximum Gasteiger partial charge on any atom is 0.306 e. The molecule has 0 aliphatic carbocycles. The Kier molecular flexibility index (Phi) is 2.66. The Morgan fingerprint density at radius 3 is 2.44 bits per heavy atom. The van der Waals surface area contributed by atoms with E-state index in [0.717, 1.165) is 11.9 Å². The molecule has 0 radical (unpaired) electrons. The van der Waals surface area contributed by atoms with E-state index >= 15 is 0 Å². The molecule has 0 aliphatic rings. The molecular weight excluding hydrogens is 228 g/mol. The van der Waals surface area contributed by atoms with Crippen molar-refractivity contribution in [3.8, 4) is 11.4 Å². The van der Waals surface area contributed by atoms with E-state index in [1.165, 1.54) is 0 Å². The summed E-state index contributed by atoms with van der Waals surface area (Å²) in [5.41, 5.74) is 0.839. The van der Waals surface area contributed by atoms with E-state index in [2.05, 4.69) is 5.10 Å². The van der Waals surface area contributed by atoms with E-state index < -0.39 is 10.1 Å². The van der Waals surface area contributed by atoms with E-state index in [9.17, 15) is 8.42 Å². The highest BCUT2D eigenvalue weighted by Gasteiger charge is 2.04. The van der Waals surface area contributed by atoms with E-state index in [1.807, 2.05) is 0 Å². The molecule has 0 saturated carbocycles. The summed E-state index contributed by atoms with van der Waals surface area (Å²) >= 11 is 0. The van der Waals surface area contributed by atoms with Crippen molar-refractivity contribution in [3.05, 3.63) is 42.7 Å². The summed E-state index contributed by atoms with van der Waals surface area (Å²) in [6.07, 6.45) is 4.47. The highest BCUT2D eigenvalue weighted by atomic mass is 32.2. The summed E-state index contributed by atoms with van der Waals surface area (Å²) in [7, 11) is -3.47. The minimum atomic E-state index is -3.47. The van der Waals surface area contributed by atoms with Crippen LogP contribution < -0.4 is 4.18 Å². The number of aromatic nitrogens is 2. The molecular formula is C10H10N2O3S. The Labute approximate surface area is 93.4 Å². The van der Waals surface area contributed by atoms with E-state index in [1.54, 1.807) is 47.4 Å². The molecule has 0 aliphatic heterocycles. The first-order valence-corrected chi connectivity index (χ1v) is 6.36. The van der Waals surface area contributed by atoms with Crippen LogP contribution in [0.5, 0.6) is 5.75 Å². The number of hydrogen-bond acceptors (Lipinski definition) is 4. The summed E-state index contributed by atoms with van der Waals surface area (Å²) in [5.74, 6) is 0.290. The Morgan fingerprint density at radius 1 is 1.25 bits per heavy atom. The van der Waals surface area contributed by atoms with Crippen LogP contribution in [0.1, 0.15) is 0 Å². The van der Waals surface area contributed by atoms with Crippen molar-refractivity contribution >= 4 is 10.1 Å². The summed E-state index contributed by atoms with van der Waals surface area (Å²) in [4.78, 5) is 0. The molecule has 1 aromatic carbocycles. The first-order chi connectivity index (χ1) is 7.54. The zero-order valence-corrected chi connectivity index (χ0v) is 9.39. The van der Waals surface area contributed by atoms with Gasteiger partial charge in [0.25, 0.3) is 0 Å². The molecule has 1 heterocycles. The van der Waals surface area contributed by atoms with Crippen molar-refractivity contribution in [3.63, 3.8) is 0 Å². The molecule has 0 saturated heterocycles. The lowest BCUT2D eigenvalue weighted by Gasteiger charge is -2.04. The molecule has 5 nitrogen and oxygen atoms in total. The van der Waals surface area contributed by atoms with Crippen molar-refractivity contribution < 1.29 is 12.6 Å². The zero-order valence-electron chi connectivity index (χ0n) is 8.57. The third-order valence-corrected chi connectivity index (χ3v) is 2.35. The van der Waals surface area contributed by atoms with Crippen molar-refractivity contribution in [2.45, 2.75) is 0 Å². The second-order valence-electron chi connectivity index (χ2n) is 3.23. The fraction of sp³-hybridized carbons (Fsp3) is 0.100. The SMILES string of the molecule is CS(=O)(=O)Oc1ccc(-n2cccn2)cc1. The van der Waals surface area contributed by atoms with Crippen LogP contribution in [0.2, 0.25) is 0 Å². The molecule has 0 atom stereocenters. The lowest BCUT2D eigenvalue weighted by molar-refractivity contribution is 0.493. The average Bonchev–Trinajstić information content (AvgIpc) is 2.69. The molecule has 6 heteroatoms. The summed E-state index contributed by atoms with van der Waals surface area (Å²) < 4.78 is 28.1. The van der Waals surface area contributed by atoms with Gasteiger partial charge in [-0.15, -0.1) is 0 Å². The normalized spacial score (nSPS) is 11.3. The first kappa shape index (κ1) is 10.7. The van der Waals surface area contributed by atoms with Crippen LogP contribution in [-0.4, -0.2) is 24.5 Å². The van der Waals surface area contributed by atoms with Crippen molar-refractivity contribution in [1.82, 2.24) is 9.78 Å². The van der Waals surface area contributed by atoms with Gasteiger partial charge in [-0.05, 0) is 30.3 Å². The minimum Gasteiger partial charge on any atom is -0.383 e. The Morgan fingerprint density at radius 2 is 1.94 bits per heavy atom. The largest absolute Gasteiger partial charge is 0.383 e. The average molecular weight is 238 g/mol. The van der Waals surface area contributed by atoms with Crippen molar-refractivity contribution in [2.75, 3.05) is 6.26 Å². The van der Waals surface area contributed by atoms with Gasteiger partial charge in [0.2, 0.25) is 0 Å². The highest BCUT2D eigenvalue weighted by Crippen LogP contribution is 2.15. The monoisotopic (exact) mass is 238 g/mol. The van der Waals surface area contributed by atoms with Gasteiger partial charge in [-0.2, -0.15) is 13.5 Å². The maximum absolute atomic E-state index is 10.9. The molecule has 2 aromatic rings. The number of benzene rings is 1. The molecule has 0 unspecified atom stereocenters. The molecule has 0 N–H and O–H groups in total. The first-order valence-electron chi connectivity index (χ1n) is 4.54. The molecule has 0 spiro atoms. The maximum atomic E-state index is 10.9. The predicted molar refractivity (Wildman–Crippen MR) is 59.0 cm³/mol. The van der Waals surface area contributed by atoms with Gasteiger partial charge < -0.3 is 4.18 Å². The molecule has 16 heavy (non-hydrogen) atoms. The van der Waals surface area contributed by atoms with Gasteiger partial charge in [-0.25, -0.2) is 4.68 Å². The molecule has 2 rings (SSSR count). The van der Waals surface area contributed by atoms with Crippen LogP contribution in [-0.2, 0) is 10.1 Å². The Hall–Kier alpha value is -1.82. The second kappa shape index (κ2) is 3.97. The van der Waals surface area contributed by atoms with Crippen LogP contribution >= 0.6 is 0 Å². The molecule has 0 amide bonds. The molecule has 84 valence electrons. The zero-order chi connectivity index (χ0) is 11.6. The Balaban J connectivity index is 2.24. The van der Waals surface area contributed by atoms with Crippen molar-refractivity contribution in [1.29, 1.82) is 0 Å². The van der Waals surface area contributed by atoms with Gasteiger partial charge >= 0.3 is 10.1 Å². The van der Waals surface area contributed by atoms with E-state index in [-0.39, 0.29) is 0 Å². The molecule has 1 aromatic heterocycles. The standard InChI is InChI=1S/C10H10N2O3S/c1-16(13,14)15-10-5-3-9(4-6-10)12-8-2-7-11-12/h2-8H,1H3. The van der Waals surface area contributed by atoms with Crippen LogP contribution in [0.3, 0.4) is 0 Å². The summed E-state index contributed by atoms with van der Waals surface area (Å²) in [6.45, 7) is 0. The molecule has 0 bridgehead atoms. The fourth-order valence-corrected chi connectivity index (χ4v) is 1.71. The van der Waals surface area contributed by atoms with Gasteiger partial charge in [0.05, 0.1) is 11.9 Å². The fourth-order valence-electron chi connectivity index (χ4n) is 1.25. The third-order valence-electron chi connectivity index (χ3n) is 1.85. The van der Waals surface area contributed by atoms with E-state index in [0.29, 0.717) is 5.75 Å². The lowest BCUT2D eigenvalue weighted by atomic mass is 10.3. The van der Waals surface area contributed by atoms with Gasteiger partial charge in [0.1, 0.15) is 5.75 Å². The second-order valence-corrected chi connectivity index (χ2v) is 4.81. The van der Waals surface area contributed by atoms with E-state index in [4.69, 9.17) is 4.18 Å². The van der Waals surface area contributed by atoms with Crippen LogP contribution in [0.25, 0.3) is 5.69 Å². The van der Waals surface area contributed by atoms with Gasteiger partial charge in [-0.1, -0.05) is 0 Å². The quantitative estimate of drug-likeness (QED) is 0.754. The number of rotatable bonds is 3. The smallest absolute Gasteiger partial charge is 0.306 e. The van der Waals surface area contributed by atoms with Crippen LogP contribution in [0.4, 0.5) is 0 Å². The summed E-state index contributed by atoms with van der Waals surface area (Å²) in [6, 6.07) is 8.43. The van der Waals surface area contributed by atoms with Crippen LogP contribution in [0, 0.1) is 0 Å². The summed E-state index contributed by atoms with van der Waals surface area (Å²) in [5, 5.41) is 4.05. The Bertz CT molecular complexity index is 559. The lowest BCUT2D eigenvalue weighted by Crippen LogP contribution is -2.05. The van der Waals surface area contributed by atoms with Crippen molar-refractivity contribution in [2.24, 2.45) is 0 Å². The number of hydrogen-bond donors (Lipinski definition) is 0. The van der Waals surface area contributed by atoms with Gasteiger partial charge in [-0.3, -0.25) is 0 Å². The molecule has 0 fully saturated rings. The number of nitrogens with zero attached hydrogens (tertiary/aromatic N) is 2. The van der Waals surface area contributed by atoms with Gasteiger partial charge in [0, 0.05) is 12.4 Å². The third kappa shape index (κ3) is 2.60. The van der Waals surface area contributed by atoms with Gasteiger partial charge in [0.15, 0.2) is 0 Å². The topological polar surface area (TPSA) is 61.2 Å². The minimum absolute atomic E-state index is 0.290.